The quantitative estimate of drug-likeness (QED) is 0.102. The van der Waals surface area contributed by atoms with Gasteiger partial charge in [-0.1, -0.05) is 24.3 Å². The molecular formula is C30H18N4Na4O10S2. The number of aliphatic carboxylic acids is 1. The minimum Gasteiger partial charge on any atom is -0.858 e. The molecule has 20 heteroatoms. The molecule has 0 radical (unpaired) electrons. The van der Waals surface area contributed by atoms with E-state index in [1.807, 2.05) is 0 Å². The van der Waals surface area contributed by atoms with Crippen LogP contribution in [0.1, 0.15) is 29.3 Å². The number of carboxylic acid groups (broad SMARTS) is 1. The van der Waals surface area contributed by atoms with Crippen molar-refractivity contribution in [3.63, 3.8) is 0 Å². The molecule has 4 aromatic rings. The van der Waals surface area contributed by atoms with Gasteiger partial charge in [-0.05, 0) is 79.4 Å². The summed E-state index contributed by atoms with van der Waals surface area (Å²) >= 11 is 0. The molecular weight excluding hydrogens is 732 g/mol. The number of hydrogen-bond acceptors (Lipinski definition) is 12. The van der Waals surface area contributed by atoms with Gasteiger partial charge in [0.1, 0.15) is 20.2 Å². The fraction of sp³-hybridized carbons (Fsp3) is 0.0667. The molecule has 0 saturated heterocycles. The molecule has 1 aliphatic heterocycles. The number of anilines is 1. The third-order valence-electron chi connectivity index (χ3n) is 7.45. The third-order valence-corrected chi connectivity index (χ3v) is 9.14. The number of aromatic nitrogens is 2. The number of fused-ring (bicyclic) bond motifs is 1. The first kappa shape index (κ1) is 44.7. The molecule has 2 heterocycles. The number of benzene rings is 3. The average molecular weight is 751 g/mol. The van der Waals surface area contributed by atoms with Gasteiger partial charge in [0.05, 0.1) is 44.1 Å². The van der Waals surface area contributed by atoms with Crippen LogP contribution in [0, 0.1) is 6.92 Å². The van der Waals surface area contributed by atoms with Gasteiger partial charge in [0.25, 0.3) is 5.91 Å². The van der Waals surface area contributed by atoms with E-state index in [4.69, 9.17) is 0 Å². The molecule has 0 atom stereocenters. The van der Waals surface area contributed by atoms with Crippen LogP contribution in [0.3, 0.4) is 0 Å². The maximum absolute atomic E-state index is 13.8. The van der Waals surface area contributed by atoms with Crippen molar-refractivity contribution in [3.05, 3.63) is 106 Å². The first-order valence-corrected chi connectivity index (χ1v) is 16.0. The van der Waals surface area contributed by atoms with Gasteiger partial charge in [0, 0.05) is 22.3 Å². The summed E-state index contributed by atoms with van der Waals surface area (Å²) < 4.78 is 69.0. The van der Waals surface area contributed by atoms with Gasteiger partial charge in [-0.3, -0.25) is 4.79 Å². The minimum absolute atomic E-state index is 0. The maximum Gasteiger partial charge on any atom is 1.00 e. The van der Waals surface area contributed by atoms with Crippen molar-refractivity contribution in [3.8, 4) is 11.6 Å². The first-order valence-electron chi connectivity index (χ1n) is 13.2. The van der Waals surface area contributed by atoms with Crippen molar-refractivity contribution < 1.29 is 164 Å². The Hall–Kier alpha value is -1.42. The van der Waals surface area contributed by atoms with Crippen LogP contribution in [0.2, 0.25) is 0 Å². The molecule has 1 aromatic heterocycles. The minimum atomic E-state index is -4.75. The summed E-state index contributed by atoms with van der Waals surface area (Å²) in [5.74, 6) is -3.22. The molecule has 1 aliphatic carbocycles. The van der Waals surface area contributed by atoms with Gasteiger partial charge in [-0.25, -0.2) is 21.5 Å². The summed E-state index contributed by atoms with van der Waals surface area (Å²) in [5, 5.41) is 36.2. The maximum atomic E-state index is 13.8. The van der Waals surface area contributed by atoms with Crippen LogP contribution < -0.4 is 133 Å². The Labute approximate surface area is 375 Å². The molecule has 0 N–H and O–H groups in total. The second-order valence-electron chi connectivity index (χ2n) is 10.2. The van der Waals surface area contributed by atoms with Crippen molar-refractivity contribution in [2.24, 2.45) is 5.10 Å². The van der Waals surface area contributed by atoms with Gasteiger partial charge >= 0.3 is 118 Å². The Kier molecular flexibility index (Phi) is 15.0. The molecule has 50 heavy (non-hydrogen) atoms. The number of hydrogen-bond donors (Lipinski definition) is 0. The summed E-state index contributed by atoms with van der Waals surface area (Å²) in [5.41, 5.74) is 0.188. The fourth-order valence-corrected chi connectivity index (χ4v) is 6.42. The van der Waals surface area contributed by atoms with Crippen LogP contribution in [0.25, 0.3) is 16.8 Å². The monoisotopic (exact) mass is 750 g/mol. The molecule has 0 bridgehead atoms. The molecule has 3 aromatic carbocycles. The summed E-state index contributed by atoms with van der Waals surface area (Å²) in [6.07, 6.45) is 0. The Bertz CT molecular complexity index is 2340. The molecule has 0 saturated carbocycles. The van der Waals surface area contributed by atoms with E-state index < -0.39 is 53.4 Å². The molecule has 1 amide bonds. The van der Waals surface area contributed by atoms with E-state index in [9.17, 15) is 45.7 Å². The van der Waals surface area contributed by atoms with Crippen molar-refractivity contribution in [1.82, 2.24) is 9.78 Å². The Morgan fingerprint density at radius 1 is 0.700 bits per heavy atom. The fourth-order valence-electron chi connectivity index (χ4n) is 5.48. The van der Waals surface area contributed by atoms with Crippen molar-refractivity contribution in [1.29, 1.82) is 0 Å². The van der Waals surface area contributed by atoms with E-state index in [1.165, 1.54) is 38.1 Å². The van der Waals surface area contributed by atoms with Gasteiger partial charge < -0.3 is 24.1 Å². The van der Waals surface area contributed by atoms with Gasteiger partial charge in [-0.15, -0.1) is 0 Å². The van der Waals surface area contributed by atoms with Gasteiger partial charge in [0.2, 0.25) is 0 Å². The number of carboxylic acids is 1. The first-order chi connectivity index (χ1) is 21.6. The second-order valence-corrected chi connectivity index (χ2v) is 13.0. The van der Waals surface area contributed by atoms with Gasteiger partial charge in [0.15, 0.2) is 0 Å². The van der Waals surface area contributed by atoms with Crippen molar-refractivity contribution in [2.45, 2.75) is 23.6 Å². The summed E-state index contributed by atoms with van der Waals surface area (Å²) in [4.78, 5) is 25.7. The van der Waals surface area contributed by atoms with Crippen LogP contribution in [-0.2, 0) is 29.8 Å². The Morgan fingerprint density at radius 3 is 1.62 bits per heavy atom. The molecule has 0 unspecified atom stereocenters. The van der Waals surface area contributed by atoms with E-state index >= 15 is 0 Å². The number of nitrogens with zero attached hydrogens (tertiary/aromatic N) is 4. The zero-order chi connectivity index (χ0) is 33.3. The smallest absolute Gasteiger partial charge is 0.858 e. The van der Waals surface area contributed by atoms with Crippen LogP contribution in [0.15, 0.2) is 98.8 Å². The van der Waals surface area contributed by atoms with Gasteiger partial charge in [-0.2, -0.15) is 15.2 Å². The Balaban J connectivity index is 0.00000217. The summed E-state index contributed by atoms with van der Waals surface area (Å²) in [6, 6.07) is 15.2. The molecule has 0 fully saturated rings. The summed E-state index contributed by atoms with van der Waals surface area (Å²) in [7, 11) is -9.50. The number of amides is 1. The number of rotatable bonds is 6. The third kappa shape index (κ3) is 8.06. The zero-order valence-corrected chi connectivity index (χ0v) is 37.2. The normalized spacial score (nSPS) is 15.3. The topological polar surface area (TPSA) is 228 Å². The zero-order valence-electron chi connectivity index (χ0n) is 27.6. The second kappa shape index (κ2) is 16.7. The predicted octanol–water partition coefficient (Wildman–Crippen LogP) is -11.2. The predicted molar refractivity (Wildman–Crippen MR) is 155 cm³/mol. The summed E-state index contributed by atoms with van der Waals surface area (Å²) in [6.45, 7) is 2.94. The molecule has 0 spiro atoms. The van der Waals surface area contributed by atoms with Crippen LogP contribution in [0.5, 0.6) is 5.88 Å². The SMILES string of the molecule is CC1=NN(c2ccc(S(=O)(=O)[O-])cc2)C(=O)/C1=C1/C(C(=O)[O-])=C(c2c(C)nn(-c3ccc(S(=O)(=O)[O-])cc3)c2[O-])c2ccccc21.[Na+].[Na+].[Na+].[Na+]. The number of carbonyl (C=O) groups is 2. The Morgan fingerprint density at radius 2 is 1.16 bits per heavy atom. The van der Waals surface area contributed by atoms with E-state index in [0.29, 0.717) is 11.1 Å². The molecule has 6 rings (SSSR count). The van der Waals surface area contributed by atoms with Crippen molar-refractivity contribution in [2.75, 3.05) is 5.01 Å². The molecule has 234 valence electrons. The van der Waals surface area contributed by atoms with E-state index in [2.05, 4.69) is 10.2 Å². The van der Waals surface area contributed by atoms with E-state index in [0.717, 1.165) is 34.0 Å². The largest absolute Gasteiger partial charge is 1.00 e. The number of carbonyl (C=O) groups excluding carboxylic acids is 2. The number of aryl methyl sites for hydroxylation is 1. The van der Waals surface area contributed by atoms with Crippen LogP contribution >= 0.6 is 0 Å². The van der Waals surface area contributed by atoms with E-state index in [1.54, 1.807) is 24.3 Å². The molecule has 2 aliphatic rings. The molecule has 14 nitrogen and oxygen atoms in total. The van der Waals surface area contributed by atoms with Crippen molar-refractivity contribution >= 4 is 54.7 Å². The average Bonchev–Trinajstić information content (AvgIpc) is 3.59. The van der Waals surface area contributed by atoms with Crippen LogP contribution in [0.4, 0.5) is 5.69 Å². The van der Waals surface area contributed by atoms with E-state index in [-0.39, 0.29) is 163 Å². The number of hydrazone groups is 1. The standard InChI is InChI=1S/C30H22N4O10S2.4Na/c1-15-23(28(35)33(31-15)17-7-11-19(12-8-17)45(39,40)41)25-21-5-3-4-6-22(21)26(27(25)30(37)38)24-16(2)32-34(29(24)36)18-9-13-20(14-10-18)46(42,43)44;;;;/h3-14,35H,1-2H3,(H,37,38)(H,39,40,41)(H,42,43,44);;;;/q;4*+1/p-4/b26-24+;;;;. The van der Waals surface area contributed by atoms with Crippen LogP contribution in [-0.4, -0.2) is 53.3 Å².